The van der Waals surface area contributed by atoms with Gasteiger partial charge in [-0.25, -0.2) is 4.68 Å². The molecule has 0 bridgehead atoms. The lowest BCUT2D eigenvalue weighted by Gasteiger charge is -2.09. The van der Waals surface area contributed by atoms with E-state index < -0.39 is 0 Å². The number of benzene rings is 1. The molecule has 3 unspecified atom stereocenters. The van der Waals surface area contributed by atoms with Crippen LogP contribution >= 0.6 is 0 Å². The average Bonchev–Trinajstić information content (AvgIpc) is 3.05. The Morgan fingerprint density at radius 3 is 2.83 bits per heavy atom. The molecular formula is C18H23N5O. The van der Waals surface area contributed by atoms with E-state index in [0.717, 1.165) is 11.4 Å². The first-order chi connectivity index (χ1) is 11.7. The highest BCUT2D eigenvalue weighted by Crippen LogP contribution is 2.50. The highest BCUT2D eigenvalue weighted by Gasteiger charge is 2.44. The topological polar surface area (TPSA) is 72.7 Å². The highest BCUT2D eigenvalue weighted by atomic mass is 16.1. The van der Waals surface area contributed by atoms with Crippen LogP contribution in [0.3, 0.4) is 0 Å². The first-order valence-electron chi connectivity index (χ1n) is 8.27. The summed E-state index contributed by atoms with van der Waals surface area (Å²) in [6, 6.07) is 7.21. The maximum atomic E-state index is 12.4. The number of tetrazole rings is 1. The first kappa shape index (κ1) is 16.1. The molecule has 0 saturated heterocycles. The molecule has 2 aliphatic rings. The van der Waals surface area contributed by atoms with Crippen LogP contribution in [0.25, 0.3) is 5.69 Å². The zero-order valence-electron chi connectivity index (χ0n) is 14.0. The van der Waals surface area contributed by atoms with Crippen LogP contribution in [0.15, 0.2) is 54.5 Å². The van der Waals surface area contributed by atoms with Gasteiger partial charge in [0.1, 0.15) is 6.33 Å². The third-order valence-corrected chi connectivity index (χ3v) is 4.37. The molecule has 24 heavy (non-hydrogen) atoms. The van der Waals surface area contributed by atoms with Crippen LogP contribution < -0.4 is 5.32 Å². The zero-order chi connectivity index (χ0) is 17.1. The van der Waals surface area contributed by atoms with E-state index in [-0.39, 0.29) is 7.33 Å². The summed E-state index contributed by atoms with van der Waals surface area (Å²) in [6.45, 7) is 6.23. The van der Waals surface area contributed by atoms with Crippen molar-refractivity contribution in [2.75, 3.05) is 0 Å². The molecule has 1 N–H and O–H groups in total. The maximum absolute atomic E-state index is 12.4. The first-order valence-corrected chi connectivity index (χ1v) is 8.27. The van der Waals surface area contributed by atoms with E-state index >= 15 is 0 Å². The van der Waals surface area contributed by atoms with Crippen molar-refractivity contribution in [1.29, 1.82) is 0 Å². The Morgan fingerprint density at radius 2 is 2.12 bits per heavy atom. The van der Waals surface area contributed by atoms with Crippen LogP contribution in [-0.4, -0.2) is 26.1 Å². The molecule has 1 aromatic heterocycles. The van der Waals surface area contributed by atoms with E-state index in [0.29, 0.717) is 23.3 Å². The fourth-order valence-corrected chi connectivity index (χ4v) is 2.93. The van der Waals surface area contributed by atoms with Crippen molar-refractivity contribution in [3.63, 3.8) is 0 Å². The minimum absolute atomic E-state index is 0. The van der Waals surface area contributed by atoms with Gasteiger partial charge in [0.25, 0.3) is 5.91 Å². The van der Waals surface area contributed by atoms with Gasteiger partial charge >= 0.3 is 0 Å². The van der Waals surface area contributed by atoms with E-state index in [1.54, 1.807) is 12.1 Å². The number of carbonyl (C=O) groups is 1. The molecule has 0 spiro atoms. The van der Waals surface area contributed by atoms with Crippen LogP contribution in [0.5, 0.6) is 0 Å². The molecule has 1 fully saturated rings. The van der Waals surface area contributed by atoms with Gasteiger partial charge in [-0.2, -0.15) is 0 Å². The number of nitrogens with zero attached hydrogens (tertiary/aromatic N) is 4. The Labute approximate surface area is 142 Å². The molecule has 4 rings (SSSR count). The molecule has 1 aromatic carbocycles. The van der Waals surface area contributed by atoms with Crippen molar-refractivity contribution in [2.24, 2.45) is 17.8 Å². The third-order valence-electron chi connectivity index (χ3n) is 4.37. The Kier molecular flexibility index (Phi) is 4.55. The van der Waals surface area contributed by atoms with Crippen molar-refractivity contribution in [1.82, 2.24) is 25.5 Å². The largest absolute Gasteiger partial charge is 0.322 e. The van der Waals surface area contributed by atoms with Gasteiger partial charge in [-0.15, -0.1) is 5.10 Å². The number of hydrogen-bond donors (Lipinski definition) is 1. The van der Waals surface area contributed by atoms with Gasteiger partial charge < -0.3 is 5.32 Å². The standard InChI is InChI=1S/C16H15N5O.C2H6.H2/c1-10-14-6-5-12(8-15(10)14)18-16(22)11-3-2-4-13(7-11)21-9-17-19-20-21;1-2;/h2-10,14-15H,1H3,(H,18,22);1-2H3;1H. The number of amides is 1. The molecule has 2 aliphatic carbocycles. The monoisotopic (exact) mass is 325 g/mol. The van der Waals surface area contributed by atoms with Crippen molar-refractivity contribution in [2.45, 2.75) is 20.8 Å². The molecule has 6 nitrogen and oxygen atoms in total. The molecule has 0 aliphatic heterocycles. The smallest absolute Gasteiger partial charge is 0.255 e. The fourth-order valence-electron chi connectivity index (χ4n) is 2.93. The quantitative estimate of drug-likeness (QED) is 0.941. The fraction of sp³-hybridized carbons (Fsp3) is 0.333. The zero-order valence-corrected chi connectivity index (χ0v) is 14.0. The summed E-state index contributed by atoms with van der Waals surface area (Å²) in [5, 5.41) is 14.0. The van der Waals surface area contributed by atoms with Gasteiger partial charge in [-0.1, -0.05) is 39.0 Å². The lowest BCUT2D eigenvalue weighted by Crippen LogP contribution is -2.22. The van der Waals surface area contributed by atoms with Crippen LogP contribution in [0, 0.1) is 17.8 Å². The van der Waals surface area contributed by atoms with E-state index in [9.17, 15) is 4.79 Å². The lowest BCUT2D eigenvalue weighted by molar-refractivity contribution is 0.0967. The van der Waals surface area contributed by atoms with Crippen LogP contribution in [0.4, 0.5) is 0 Å². The second kappa shape index (κ2) is 6.78. The summed E-state index contributed by atoms with van der Waals surface area (Å²) in [5.41, 5.74) is 2.21. The van der Waals surface area contributed by atoms with Gasteiger partial charge in [0.05, 0.1) is 5.69 Å². The SMILES string of the molecule is CC.CC1C2C=CC(NC(=O)c3cccc(-n4cnnn4)c3)=CC12.[HH]. The second-order valence-electron chi connectivity index (χ2n) is 5.75. The average molecular weight is 325 g/mol. The van der Waals surface area contributed by atoms with E-state index in [4.69, 9.17) is 0 Å². The number of rotatable bonds is 3. The minimum atomic E-state index is -0.127. The number of fused-ring (bicyclic) bond motifs is 1. The van der Waals surface area contributed by atoms with Gasteiger partial charge in [0.15, 0.2) is 0 Å². The third kappa shape index (κ3) is 3.13. The van der Waals surface area contributed by atoms with E-state index in [2.05, 4.69) is 39.9 Å². The summed E-state index contributed by atoms with van der Waals surface area (Å²) in [6.07, 6.45) is 7.83. The summed E-state index contributed by atoms with van der Waals surface area (Å²) in [4.78, 5) is 12.4. The number of allylic oxidation sites excluding steroid dienone is 3. The predicted octanol–water partition coefficient (Wildman–Crippen LogP) is 3.00. The molecule has 1 amide bonds. The summed E-state index contributed by atoms with van der Waals surface area (Å²) >= 11 is 0. The molecule has 0 radical (unpaired) electrons. The predicted molar refractivity (Wildman–Crippen MR) is 93.4 cm³/mol. The van der Waals surface area contributed by atoms with Crippen LogP contribution in [0.2, 0.25) is 0 Å². The van der Waals surface area contributed by atoms with E-state index in [1.165, 1.54) is 11.0 Å². The number of hydrogen-bond acceptors (Lipinski definition) is 4. The normalized spacial score (nSPS) is 23.5. The van der Waals surface area contributed by atoms with Gasteiger partial charge in [-0.05, 0) is 52.5 Å². The van der Waals surface area contributed by atoms with E-state index in [1.807, 2.05) is 32.1 Å². The molecule has 1 heterocycles. The second-order valence-corrected chi connectivity index (χ2v) is 5.75. The number of aromatic nitrogens is 4. The molecule has 3 atom stereocenters. The van der Waals surface area contributed by atoms with Crippen molar-refractivity contribution < 1.29 is 6.22 Å². The summed E-state index contributed by atoms with van der Waals surface area (Å²) < 4.78 is 1.52. The van der Waals surface area contributed by atoms with Crippen molar-refractivity contribution >= 4 is 5.91 Å². The van der Waals surface area contributed by atoms with Crippen LogP contribution in [-0.2, 0) is 0 Å². The molecule has 1 saturated carbocycles. The van der Waals surface area contributed by atoms with Gasteiger partial charge in [0, 0.05) is 12.7 Å². The lowest BCUT2D eigenvalue weighted by atomic mass is 10.1. The minimum Gasteiger partial charge on any atom is -0.322 e. The molecule has 126 valence electrons. The molecule has 6 heteroatoms. The Balaban J connectivity index is 0.000000726. The Hall–Kier alpha value is -2.76. The van der Waals surface area contributed by atoms with Crippen LogP contribution in [0.1, 0.15) is 32.6 Å². The Bertz CT molecular complexity index is 785. The van der Waals surface area contributed by atoms with Crippen molar-refractivity contribution in [3.8, 4) is 5.69 Å². The van der Waals surface area contributed by atoms with Crippen molar-refractivity contribution in [3.05, 3.63) is 60.1 Å². The summed E-state index contributed by atoms with van der Waals surface area (Å²) in [7, 11) is 0. The van der Waals surface area contributed by atoms with Gasteiger partial charge in [-0.3, -0.25) is 4.79 Å². The molecular weight excluding hydrogens is 302 g/mol. The Morgan fingerprint density at radius 1 is 1.29 bits per heavy atom. The summed E-state index contributed by atoms with van der Waals surface area (Å²) in [5.74, 6) is 1.79. The highest BCUT2D eigenvalue weighted by molar-refractivity contribution is 5.96. The van der Waals surface area contributed by atoms with Gasteiger partial charge in [0.2, 0.25) is 0 Å². The maximum Gasteiger partial charge on any atom is 0.255 e. The number of carbonyl (C=O) groups excluding carboxylic acids is 1. The molecule has 2 aromatic rings. The number of nitrogens with one attached hydrogen (secondary N) is 1.